The third-order valence-electron chi connectivity index (χ3n) is 3.75. The highest BCUT2D eigenvalue weighted by Crippen LogP contribution is 2.38. The number of carbonyl (C=O) groups is 1. The number of para-hydroxylation sites is 1. The van der Waals surface area contributed by atoms with Gasteiger partial charge in [-0.2, -0.15) is 0 Å². The van der Waals surface area contributed by atoms with E-state index in [2.05, 4.69) is 10.3 Å². The smallest absolute Gasteiger partial charge is 0.230 e. The molecule has 0 radical (unpaired) electrons. The van der Waals surface area contributed by atoms with Crippen LogP contribution in [0.1, 0.15) is 5.56 Å². The number of thiazole rings is 1. The van der Waals surface area contributed by atoms with E-state index in [1.807, 2.05) is 30.3 Å². The van der Waals surface area contributed by atoms with Crippen LogP contribution in [0.4, 0.5) is 0 Å². The molecule has 0 aliphatic carbocycles. The molecular weight excluding hydrogens is 392 g/mol. The van der Waals surface area contributed by atoms with Gasteiger partial charge in [0.15, 0.2) is 15.8 Å². The fourth-order valence-corrected chi connectivity index (χ4v) is 4.74. The summed E-state index contributed by atoms with van der Waals surface area (Å²) in [6.45, 7) is 1.37. The molecule has 0 atom stereocenters. The molecule has 1 aromatic heterocycles. The molecule has 3 aromatic rings. The number of hydrogen-bond donors (Lipinski definition) is 1. The van der Waals surface area contributed by atoms with Crippen molar-refractivity contribution in [2.45, 2.75) is 10.9 Å². The average molecular weight is 407 g/mol. The van der Waals surface area contributed by atoms with Gasteiger partial charge in [0.2, 0.25) is 5.91 Å². The molecule has 1 amide bonds. The Hall–Kier alpha value is -1.96. The number of benzene rings is 2. The molecule has 134 valence electrons. The number of hydrogen-bond acceptors (Lipinski definition) is 6. The normalized spacial score (nSPS) is 13.0. The number of nitrogens with one attached hydrogen (secondary N) is 1. The molecule has 5 nitrogen and oxygen atoms in total. The lowest BCUT2D eigenvalue weighted by molar-refractivity contribution is -0.118. The van der Waals surface area contributed by atoms with E-state index >= 15 is 0 Å². The highest BCUT2D eigenvalue weighted by Gasteiger charge is 2.17. The maximum absolute atomic E-state index is 12.1. The number of amides is 1. The number of ether oxygens (including phenoxy) is 2. The molecule has 0 spiro atoms. The average Bonchev–Trinajstić information content (AvgIpc) is 3.08. The summed E-state index contributed by atoms with van der Waals surface area (Å²) in [5.74, 6) is 1.45. The number of halogens is 1. The summed E-state index contributed by atoms with van der Waals surface area (Å²) < 4.78 is 13.1. The second kappa shape index (κ2) is 7.73. The van der Waals surface area contributed by atoms with Gasteiger partial charge in [0, 0.05) is 6.54 Å². The third kappa shape index (κ3) is 3.90. The number of thioether (sulfide) groups is 1. The van der Waals surface area contributed by atoms with Crippen LogP contribution in [0.25, 0.3) is 10.2 Å². The molecule has 0 fully saturated rings. The Balaban J connectivity index is 1.33. The summed E-state index contributed by atoms with van der Waals surface area (Å²) in [5.41, 5.74) is 1.84. The lowest BCUT2D eigenvalue weighted by Crippen LogP contribution is -2.24. The van der Waals surface area contributed by atoms with Gasteiger partial charge in [-0.05, 0) is 29.8 Å². The van der Waals surface area contributed by atoms with Crippen LogP contribution in [0.5, 0.6) is 11.5 Å². The fourth-order valence-electron chi connectivity index (χ4n) is 2.56. The molecule has 4 rings (SSSR count). The van der Waals surface area contributed by atoms with Crippen LogP contribution < -0.4 is 14.8 Å². The zero-order valence-corrected chi connectivity index (χ0v) is 16.0. The van der Waals surface area contributed by atoms with Gasteiger partial charge in [0.25, 0.3) is 0 Å². The summed E-state index contributed by atoms with van der Waals surface area (Å²) in [7, 11) is 0. The standard InChI is InChI=1S/C18H15ClN2O3S2/c19-12-7-11(8-14-17(12)24-6-5-23-14)9-20-16(22)10-25-18-21-13-3-1-2-4-15(13)26-18/h1-4,7-8H,5-6,9-10H2,(H,20,22). The molecule has 26 heavy (non-hydrogen) atoms. The van der Waals surface area contributed by atoms with E-state index in [0.717, 1.165) is 20.1 Å². The van der Waals surface area contributed by atoms with Crippen LogP contribution in [0.15, 0.2) is 40.7 Å². The van der Waals surface area contributed by atoms with Crippen molar-refractivity contribution in [3.63, 3.8) is 0 Å². The summed E-state index contributed by atoms with van der Waals surface area (Å²) >= 11 is 9.25. The zero-order chi connectivity index (χ0) is 17.9. The molecule has 0 bridgehead atoms. The van der Waals surface area contributed by atoms with E-state index in [4.69, 9.17) is 21.1 Å². The number of aromatic nitrogens is 1. The van der Waals surface area contributed by atoms with Gasteiger partial charge in [0.05, 0.1) is 21.0 Å². The number of rotatable bonds is 5. The van der Waals surface area contributed by atoms with E-state index < -0.39 is 0 Å². The predicted molar refractivity (Wildman–Crippen MR) is 105 cm³/mol. The van der Waals surface area contributed by atoms with Gasteiger partial charge in [0.1, 0.15) is 13.2 Å². The van der Waals surface area contributed by atoms with Crippen LogP contribution in [0.2, 0.25) is 5.02 Å². The van der Waals surface area contributed by atoms with Crippen molar-refractivity contribution in [3.05, 3.63) is 47.0 Å². The highest BCUT2D eigenvalue weighted by molar-refractivity contribution is 8.01. The van der Waals surface area contributed by atoms with Crippen molar-refractivity contribution in [2.75, 3.05) is 19.0 Å². The number of nitrogens with zero attached hydrogens (tertiary/aromatic N) is 1. The molecule has 2 aromatic carbocycles. The van der Waals surface area contributed by atoms with Crippen molar-refractivity contribution >= 4 is 50.8 Å². The molecular formula is C18H15ClN2O3S2. The van der Waals surface area contributed by atoms with E-state index in [0.29, 0.717) is 42.0 Å². The molecule has 1 N–H and O–H groups in total. The Kier molecular flexibility index (Phi) is 5.19. The Labute approximate surface area is 163 Å². The molecule has 1 aliphatic rings. The van der Waals surface area contributed by atoms with Crippen LogP contribution in [0, 0.1) is 0 Å². The first-order chi connectivity index (χ1) is 12.7. The highest BCUT2D eigenvalue weighted by atomic mass is 35.5. The minimum absolute atomic E-state index is 0.0553. The SMILES string of the molecule is O=C(CSc1nc2ccccc2s1)NCc1cc(Cl)c2c(c1)OCCO2. The summed E-state index contributed by atoms with van der Waals surface area (Å²) in [5, 5.41) is 3.39. The monoisotopic (exact) mass is 406 g/mol. The first-order valence-electron chi connectivity index (χ1n) is 8.02. The minimum atomic E-state index is -0.0553. The molecule has 1 aliphatic heterocycles. The van der Waals surface area contributed by atoms with Crippen LogP contribution in [-0.4, -0.2) is 29.9 Å². The third-order valence-corrected chi connectivity index (χ3v) is 6.21. The largest absolute Gasteiger partial charge is 0.486 e. The fraction of sp³-hybridized carbons (Fsp3) is 0.222. The first-order valence-corrected chi connectivity index (χ1v) is 10.2. The molecule has 0 saturated carbocycles. The van der Waals surface area contributed by atoms with Gasteiger partial charge in [-0.15, -0.1) is 11.3 Å². The van der Waals surface area contributed by atoms with E-state index in [1.54, 1.807) is 17.4 Å². The van der Waals surface area contributed by atoms with Gasteiger partial charge >= 0.3 is 0 Å². The lowest BCUT2D eigenvalue weighted by atomic mass is 10.2. The van der Waals surface area contributed by atoms with Crippen molar-refractivity contribution in [1.82, 2.24) is 10.3 Å². The van der Waals surface area contributed by atoms with Crippen LogP contribution in [-0.2, 0) is 11.3 Å². The zero-order valence-electron chi connectivity index (χ0n) is 13.7. The number of carbonyl (C=O) groups excluding carboxylic acids is 1. The Morgan fingerprint density at radius 3 is 3.00 bits per heavy atom. The Morgan fingerprint density at radius 1 is 1.27 bits per heavy atom. The topological polar surface area (TPSA) is 60.5 Å². The van der Waals surface area contributed by atoms with Crippen molar-refractivity contribution in [2.24, 2.45) is 0 Å². The van der Waals surface area contributed by atoms with Gasteiger partial charge < -0.3 is 14.8 Å². The summed E-state index contributed by atoms with van der Waals surface area (Å²) in [6.07, 6.45) is 0. The Bertz CT molecular complexity index is 928. The quantitative estimate of drug-likeness (QED) is 0.645. The van der Waals surface area contributed by atoms with E-state index in [-0.39, 0.29) is 5.91 Å². The van der Waals surface area contributed by atoms with Gasteiger partial charge in [-0.25, -0.2) is 4.98 Å². The second-order valence-corrected chi connectivity index (χ2v) is 8.28. The minimum Gasteiger partial charge on any atom is -0.486 e. The second-order valence-electron chi connectivity index (χ2n) is 5.61. The number of fused-ring (bicyclic) bond motifs is 2. The molecule has 0 saturated heterocycles. The first kappa shape index (κ1) is 17.5. The van der Waals surface area contributed by atoms with Crippen LogP contribution >= 0.6 is 34.7 Å². The molecule has 2 heterocycles. The van der Waals surface area contributed by atoms with E-state index in [1.165, 1.54) is 11.8 Å². The van der Waals surface area contributed by atoms with Gasteiger partial charge in [-0.3, -0.25) is 4.79 Å². The van der Waals surface area contributed by atoms with Crippen LogP contribution in [0.3, 0.4) is 0 Å². The predicted octanol–water partition coefficient (Wildman–Crippen LogP) is 4.13. The van der Waals surface area contributed by atoms with Gasteiger partial charge in [-0.1, -0.05) is 35.5 Å². The summed E-state index contributed by atoms with van der Waals surface area (Å²) in [6, 6.07) is 11.6. The lowest BCUT2D eigenvalue weighted by Gasteiger charge is -2.20. The maximum atomic E-state index is 12.1. The van der Waals surface area contributed by atoms with Crippen molar-refractivity contribution < 1.29 is 14.3 Å². The molecule has 8 heteroatoms. The van der Waals surface area contributed by atoms with Crippen molar-refractivity contribution in [1.29, 1.82) is 0 Å². The summed E-state index contributed by atoms with van der Waals surface area (Å²) in [4.78, 5) is 16.7. The van der Waals surface area contributed by atoms with Crippen molar-refractivity contribution in [3.8, 4) is 11.5 Å². The van der Waals surface area contributed by atoms with E-state index in [9.17, 15) is 4.79 Å². The maximum Gasteiger partial charge on any atom is 0.230 e. The molecule has 0 unspecified atom stereocenters. The Morgan fingerprint density at radius 2 is 2.12 bits per heavy atom.